The van der Waals surface area contributed by atoms with Gasteiger partial charge in [-0.1, -0.05) is 127 Å². The number of aliphatic hydroxyl groups excluding tert-OH is 1. The molecule has 6 aromatic rings. The molecule has 0 saturated carbocycles. The molecule has 0 radical (unpaired) electrons. The number of aliphatic hydroxyl groups is 1. The molecule has 2 aliphatic rings. The van der Waals surface area contributed by atoms with Crippen LogP contribution in [0.3, 0.4) is 0 Å². The van der Waals surface area contributed by atoms with Crippen molar-refractivity contribution >= 4 is 134 Å². The summed E-state index contributed by atoms with van der Waals surface area (Å²) in [6, 6.07) is 4.71. The minimum absolute atomic E-state index is 0.0183. The summed E-state index contributed by atoms with van der Waals surface area (Å²) in [5.41, 5.74) is 20.5. The summed E-state index contributed by atoms with van der Waals surface area (Å²) >= 11 is 0.813. The van der Waals surface area contributed by atoms with Gasteiger partial charge in [-0.05, 0) is 86.7 Å². The molecule has 3 aromatic carbocycles. The van der Waals surface area contributed by atoms with Crippen LogP contribution in [-0.4, -0.2) is 283 Å². The molecule has 8 rings (SSSR count). The number of hydrogen-bond donors (Lipinski definition) is 17. The fraction of sp³-hybridized carbons (Fsp3) is 0.523. The smallest absolute Gasteiger partial charge is 0.246 e. The molecular weight excluding hydrogens is 1670 g/mol. The number of rotatable bonds is 24. The third-order valence-corrected chi connectivity index (χ3v) is 24.0. The van der Waals surface area contributed by atoms with E-state index in [2.05, 4.69) is 73.1 Å². The van der Waals surface area contributed by atoms with E-state index in [1.165, 1.54) is 52.4 Å². The summed E-state index contributed by atoms with van der Waals surface area (Å²) in [6.07, 6.45) is 6.39. The Morgan fingerprint density at radius 3 is 1.71 bits per heavy atom. The molecular formula is C88H123N21O18S. The summed E-state index contributed by atoms with van der Waals surface area (Å²) < 4.78 is 0. The van der Waals surface area contributed by atoms with Crippen LogP contribution in [0.15, 0.2) is 104 Å². The van der Waals surface area contributed by atoms with Gasteiger partial charge >= 0.3 is 0 Å². The Bertz CT molecular complexity index is 4890. The summed E-state index contributed by atoms with van der Waals surface area (Å²) in [5, 5.41) is 39.0. The van der Waals surface area contributed by atoms with Gasteiger partial charge in [-0.15, -0.1) is 11.8 Å². The normalized spacial score (nSPS) is 24.5. The van der Waals surface area contributed by atoms with Crippen LogP contribution >= 0.6 is 11.8 Å². The highest BCUT2D eigenvalue weighted by atomic mass is 32.2. The Morgan fingerprint density at radius 1 is 0.562 bits per heavy atom. The number of nitrogens with one attached hydrogen (secondary N) is 13. The number of Topliss-reactive ketones (excluding diaryl/α,β-unsaturated/α-hetero) is 1. The van der Waals surface area contributed by atoms with Gasteiger partial charge in [0.25, 0.3) is 0 Å². The monoisotopic (exact) mass is 1790 g/mol. The van der Waals surface area contributed by atoms with Crippen molar-refractivity contribution in [1.82, 2.24) is 92.7 Å². The Hall–Kier alpha value is -12.6. The van der Waals surface area contributed by atoms with E-state index in [-0.39, 0.29) is 89.0 Å². The number of carbonyl (C=O) groups is 17. The minimum atomic E-state index is -1.83. The third-order valence-electron chi connectivity index (χ3n) is 23.0. The maximum Gasteiger partial charge on any atom is 0.246 e. The largest absolute Gasteiger partial charge is 0.394 e. The van der Waals surface area contributed by atoms with Crippen molar-refractivity contribution in [2.45, 2.75) is 210 Å². The predicted molar refractivity (Wildman–Crippen MR) is 475 cm³/mol. The van der Waals surface area contributed by atoms with Crippen molar-refractivity contribution in [2.75, 3.05) is 65.4 Å². The third kappa shape index (κ3) is 28.5. The number of benzene rings is 3. The average molecular weight is 1800 g/mol. The number of nitrogens with zero attached hydrogens (tertiary/aromatic N) is 5. The number of unbranched alkanes of at least 4 members (excludes halogenated alkanes) is 2. The first-order chi connectivity index (χ1) is 61.1. The summed E-state index contributed by atoms with van der Waals surface area (Å²) in [4.78, 5) is 265. The molecule has 0 bridgehead atoms. The van der Waals surface area contributed by atoms with Crippen LogP contribution in [0.4, 0.5) is 0 Å². The number of thioether (sulfide) groups is 1. The maximum atomic E-state index is 15.6. The number of likely N-dealkylation sites (N-methyl/N-ethyl adjacent to an activating group) is 3. The molecule has 5 heterocycles. The van der Waals surface area contributed by atoms with E-state index in [1.807, 2.05) is 13.8 Å². The summed E-state index contributed by atoms with van der Waals surface area (Å²) in [6.45, 7) is 7.37. The number of carbonyl (C=O) groups excluding carboxylic acids is 17. The lowest BCUT2D eigenvalue weighted by atomic mass is 9.81. The van der Waals surface area contributed by atoms with E-state index in [4.69, 9.17) is 17.2 Å². The van der Waals surface area contributed by atoms with Crippen molar-refractivity contribution in [3.63, 3.8) is 0 Å². The highest BCUT2D eigenvalue weighted by Crippen LogP contribution is 2.29. The standard InChI is InChI=1S/C88H123N21O18S/c1-10-12-24-56-50(5)76(115)70(29-13-11-2)108(9)87(126)66(37-54-41-94-60-28-20-18-26-58(54)60)103-83(122)68(45-110)104-81(120)62(36-53-40-93-59-27-19-17-25-57(53)59)97-74(113)44-106(7)85(124)64(34-49(3)4)102-82(121)63(38-55-42-92-48-96-55)100-84(123)71-30-21-33-109(71)88(127)67(39-72(90)111)101-77(116)51(6)107(8)86(125)65(35-52-22-15-14-16-23-52)98-75(114)47-128-46-69(79(118)95-43-73(91)112)105-80(119)61(31-32-89)99-78(56)117/h14-20,22-23,25-28,40-42,48-51,56,61-71,93-94,110H,10-13,21,24,29-39,43-47,89H2,1-9H3,(H2,90,111)(H2,91,112)(H,92,96)(H,95,118)(H,97,113)(H,98,114)(H,99,117)(H,100,123)(H,101,116)(H,102,121)(H,103,122)(H,104,120)(H,105,119)/t50?,51-,56+,61-,62-,63-,64-,65-,66-,67-,68-,69-,70-,71-/m0/s1. The van der Waals surface area contributed by atoms with Crippen LogP contribution in [0.25, 0.3) is 21.8 Å². The molecule has 1 unspecified atom stereocenters. The highest BCUT2D eigenvalue weighted by molar-refractivity contribution is 8.00. The zero-order valence-corrected chi connectivity index (χ0v) is 74.6. The second kappa shape index (κ2) is 48.9. The number of primary amides is 2. The van der Waals surface area contributed by atoms with Crippen molar-refractivity contribution in [3.05, 3.63) is 126 Å². The summed E-state index contributed by atoms with van der Waals surface area (Å²) in [5.74, 6) is -18.5. The second-order valence-electron chi connectivity index (χ2n) is 33.1. The van der Waals surface area contributed by atoms with Gasteiger partial charge in [-0.25, -0.2) is 4.98 Å². The number of H-pyrrole nitrogens is 3. The van der Waals surface area contributed by atoms with Crippen LogP contribution in [-0.2, 0) is 107 Å². The molecule has 16 amide bonds. The Morgan fingerprint density at radius 2 is 1.11 bits per heavy atom. The van der Waals surface area contributed by atoms with Gasteiger partial charge in [0.15, 0.2) is 5.78 Å². The fourth-order valence-electron chi connectivity index (χ4n) is 15.7. The van der Waals surface area contributed by atoms with Gasteiger partial charge in [0.1, 0.15) is 66.5 Å². The molecule has 128 heavy (non-hydrogen) atoms. The SMILES string of the molecule is CCCC[C@H]1C(=O)N[C@@H](CCN)C(=O)N[C@H](C(=O)NCC(N)=O)CSCC(=O)N[C@@H](Cc2ccccc2)C(=O)N(C)[C@@H](C)C(=O)N[C@@H](CC(N)=O)C(=O)N2CCC[C@H]2C(=O)N[C@@H](Cc2cnc[nH]2)C(=O)N[C@@H](CC(C)C)C(=O)N(C)CC(=O)N[C@@H](Cc2c[nH]c3ccccc23)C(=O)N[C@@H](CO)C(=O)N[C@@H](Cc2c[nH]c3ccccc23)C(=O)N(C)[C@@H](CCCC)C(=O)C1C. The second-order valence-corrected chi connectivity index (χ2v) is 34.1. The molecule has 39 nitrogen and oxygen atoms in total. The lowest BCUT2D eigenvalue weighted by Crippen LogP contribution is -2.60. The number of hydrogen-bond acceptors (Lipinski definition) is 21. The molecule has 2 saturated heterocycles. The van der Waals surface area contributed by atoms with E-state index >= 15 is 24.0 Å². The van der Waals surface area contributed by atoms with E-state index < -0.39 is 217 Å². The quantitative estimate of drug-likeness (QED) is 0.0343. The van der Waals surface area contributed by atoms with E-state index in [0.29, 0.717) is 69.9 Å². The van der Waals surface area contributed by atoms with Gasteiger partial charge in [-0.2, -0.15) is 0 Å². The van der Waals surface area contributed by atoms with Crippen molar-refractivity contribution < 1.29 is 86.6 Å². The molecule has 694 valence electrons. The van der Waals surface area contributed by atoms with E-state index in [9.17, 15) is 62.6 Å². The lowest BCUT2D eigenvalue weighted by molar-refractivity contribution is -0.145. The molecule has 2 fully saturated rings. The number of imidazole rings is 1. The Kier molecular flexibility index (Phi) is 38.5. The van der Waals surface area contributed by atoms with Crippen molar-refractivity contribution in [2.24, 2.45) is 35.0 Å². The zero-order valence-electron chi connectivity index (χ0n) is 73.8. The summed E-state index contributed by atoms with van der Waals surface area (Å²) in [7, 11) is 3.94. The van der Waals surface area contributed by atoms with Crippen LogP contribution in [0, 0.1) is 17.8 Å². The highest BCUT2D eigenvalue weighted by Gasteiger charge is 2.44. The van der Waals surface area contributed by atoms with Crippen molar-refractivity contribution in [3.8, 4) is 0 Å². The average Bonchev–Trinajstić information content (AvgIpc) is 1.38. The predicted octanol–water partition coefficient (Wildman–Crippen LogP) is -1.06. The number of aromatic nitrogens is 4. The molecule has 0 spiro atoms. The molecule has 40 heteroatoms. The topological polar surface area (TPSA) is 582 Å². The minimum Gasteiger partial charge on any atom is -0.394 e. The zero-order chi connectivity index (χ0) is 93.6. The van der Waals surface area contributed by atoms with Gasteiger partial charge in [-0.3, -0.25) is 81.5 Å². The van der Waals surface area contributed by atoms with Crippen molar-refractivity contribution in [1.29, 1.82) is 0 Å². The van der Waals surface area contributed by atoms with Crippen LogP contribution in [0.2, 0.25) is 0 Å². The molecule has 3 aromatic heterocycles. The first kappa shape index (κ1) is 101. The van der Waals surface area contributed by atoms with E-state index in [1.54, 1.807) is 105 Å². The molecule has 20 N–H and O–H groups in total. The van der Waals surface area contributed by atoms with Gasteiger partial charge in [0, 0.05) is 117 Å². The lowest BCUT2D eigenvalue weighted by Gasteiger charge is -2.34. The van der Waals surface area contributed by atoms with E-state index in [0.717, 1.165) is 26.5 Å². The van der Waals surface area contributed by atoms with Gasteiger partial charge in [0.05, 0.1) is 44.2 Å². The van der Waals surface area contributed by atoms with Gasteiger partial charge < -0.3 is 110 Å². The Balaban J connectivity index is 1.16. The number of aromatic amines is 3. The number of para-hydroxylation sites is 2. The van der Waals surface area contributed by atoms with Gasteiger partial charge in [0.2, 0.25) is 94.5 Å². The number of ketones is 1. The van der Waals surface area contributed by atoms with Crippen LogP contribution in [0.5, 0.6) is 0 Å². The van der Waals surface area contributed by atoms with Crippen LogP contribution in [0.1, 0.15) is 135 Å². The maximum absolute atomic E-state index is 15.6. The molecule has 14 atom stereocenters. The molecule has 0 aliphatic carbocycles. The number of fused-ring (bicyclic) bond motifs is 3. The first-order valence-corrected chi connectivity index (χ1v) is 44.4. The fourth-order valence-corrected chi connectivity index (χ4v) is 16.6. The number of nitrogens with two attached hydrogens (primary N) is 3. The number of amides is 16. The Labute approximate surface area is 746 Å². The first-order valence-electron chi connectivity index (χ1n) is 43.2. The molecule has 2 aliphatic heterocycles. The van der Waals surface area contributed by atoms with Crippen LogP contribution < -0.4 is 70.4 Å².